The van der Waals surface area contributed by atoms with Crippen LogP contribution in [0.2, 0.25) is 0 Å². The van der Waals surface area contributed by atoms with Gasteiger partial charge in [-0.05, 0) is 43.2 Å². The van der Waals surface area contributed by atoms with Crippen molar-refractivity contribution in [3.8, 4) is 6.07 Å². The Morgan fingerprint density at radius 2 is 1.86 bits per heavy atom. The molecule has 2 aromatic carbocycles. The fourth-order valence-corrected chi connectivity index (χ4v) is 3.34. The van der Waals surface area contributed by atoms with E-state index in [1.807, 2.05) is 48.6 Å². The highest BCUT2D eigenvalue weighted by atomic mass is 14.9. The Morgan fingerprint density at radius 1 is 1.04 bits per heavy atom. The topological polar surface area (TPSA) is 64.5 Å². The van der Waals surface area contributed by atoms with Crippen LogP contribution in [0.3, 0.4) is 0 Å². The van der Waals surface area contributed by atoms with Crippen molar-refractivity contribution >= 4 is 34.4 Å². The van der Waals surface area contributed by atoms with Crippen LogP contribution < -0.4 is 5.32 Å². The lowest BCUT2D eigenvalue weighted by Gasteiger charge is -2.14. The number of nitriles is 1. The number of nitrogens with one attached hydrogen (secondary N) is 2. The number of nitrogens with zero attached hydrogens (tertiary/aromatic N) is 2. The van der Waals surface area contributed by atoms with Crippen molar-refractivity contribution < 1.29 is 0 Å². The van der Waals surface area contributed by atoms with Gasteiger partial charge in [0.2, 0.25) is 0 Å². The van der Waals surface area contributed by atoms with Crippen molar-refractivity contribution in [1.29, 1.82) is 5.26 Å². The summed E-state index contributed by atoms with van der Waals surface area (Å²) in [7, 11) is 0. The lowest BCUT2D eigenvalue weighted by atomic mass is 10.1. The summed E-state index contributed by atoms with van der Waals surface area (Å²) in [5.74, 6) is 0. The number of benzene rings is 2. The molecule has 0 amide bonds. The summed E-state index contributed by atoms with van der Waals surface area (Å²) < 4.78 is 0. The summed E-state index contributed by atoms with van der Waals surface area (Å²) in [6, 6.07) is 18.6. The summed E-state index contributed by atoms with van der Waals surface area (Å²) in [5.41, 5.74) is 7.59. The van der Waals surface area contributed by atoms with Crippen molar-refractivity contribution in [2.75, 3.05) is 5.32 Å². The lowest BCUT2D eigenvalue weighted by molar-refractivity contribution is 1.28. The molecular formula is C24H20N4. The first-order valence-electron chi connectivity index (χ1n) is 9.13. The van der Waals surface area contributed by atoms with E-state index in [4.69, 9.17) is 0 Å². The molecule has 0 saturated carbocycles. The second kappa shape index (κ2) is 7.42. The average molecular weight is 364 g/mol. The Bertz CT molecular complexity index is 1210. The fraction of sp³-hybridized carbons (Fsp3) is 0.0833. The van der Waals surface area contributed by atoms with Crippen LogP contribution in [-0.4, -0.2) is 9.97 Å². The molecule has 28 heavy (non-hydrogen) atoms. The molecule has 2 aromatic heterocycles. The van der Waals surface area contributed by atoms with Gasteiger partial charge >= 0.3 is 0 Å². The van der Waals surface area contributed by atoms with Gasteiger partial charge in [0.1, 0.15) is 6.07 Å². The van der Waals surface area contributed by atoms with Crippen molar-refractivity contribution in [2.24, 2.45) is 0 Å². The summed E-state index contributed by atoms with van der Waals surface area (Å²) >= 11 is 0. The van der Waals surface area contributed by atoms with E-state index < -0.39 is 0 Å². The molecule has 0 aliphatic carbocycles. The summed E-state index contributed by atoms with van der Waals surface area (Å²) in [6.07, 6.45) is 7.38. The number of rotatable bonds is 4. The third kappa shape index (κ3) is 3.38. The Morgan fingerprint density at radius 3 is 2.64 bits per heavy atom. The molecule has 0 unspecified atom stereocenters. The smallest absolute Gasteiger partial charge is 0.103 e. The first-order valence-corrected chi connectivity index (χ1v) is 9.13. The fourth-order valence-electron chi connectivity index (χ4n) is 3.34. The predicted octanol–water partition coefficient (Wildman–Crippen LogP) is 5.97. The van der Waals surface area contributed by atoms with E-state index >= 15 is 0 Å². The number of H-pyrrole nitrogens is 1. The van der Waals surface area contributed by atoms with E-state index in [0.29, 0.717) is 5.56 Å². The predicted molar refractivity (Wildman–Crippen MR) is 115 cm³/mol. The van der Waals surface area contributed by atoms with E-state index in [-0.39, 0.29) is 0 Å². The second-order valence-electron chi connectivity index (χ2n) is 6.78. The van der Waals surface area contributed by atoms with Crippen LogP contribution in [0.1, 0.15) is 27.9 Å². The third-order valence-corrected chi connectivity index (χ3v) is 4.82. The molecule has 4 rings (SSSR count). The van der Waals surface area contributed by atoms with E-state index in [2.05, 4.69) is 47.3 Å². The van der Waals surface area contributed by atoms with E-state index in [9.17, 15) is 5.26 Å². The van der Waals surface area contributed by atoms with Crippen LogP contribution in [0, 0.1) is 25.2 Å². The molecule has 0 fully saturated rings. The minimum absolute atomic E-state index is 0.514. The molecule has 2 N–H and O–H groups in total. The highest BCUT2D eigenvalue weighted by Gasteiger charge is 2.11. The van der Waals surface area contributed by atoms with Gasteiger partial charge in [-0.15, -0.1) is 0 Å². The highest BCUT2D eigenvalue weighted by Crippen LogP contribution is 2.31. The zero-order chi connectivity index (χ0) is 19.5. The molecule has 4 aromatic rings. The largest absolute Gasteiger partial charge is 0.359 e. The maximum absolute atomic E-state index is 9.59. The number of aromatic amines is 1. The van der Waals surface area contributed by atoms with Gasteiger partial charge in [0, 0.05) is 40.2 Å². The van der Waals surface area contributed by atoms with E-state index in [1.54, 1.807) is 12.4 Å². The summed E-state index contributed by atoms with van der Waals surface area (Å²) in [6.45, 7) is 4.14. The van der Waals surface area contributed by atoms with Gasteiger partial charge in [0.25, 0.3) is 0 Å². The Labute approximate surface area is 164 Å². The molecule has 2 heterocycles. The van der Waals surface area contributed by atoms with Crippen LogP contribution in [0.4, 0.5) is 11.4 Å². The van der Waals surface area contributed by atoms with Crippen molar-refractivity contribution in [3.63, 3.8) is 0 Å². The minimum atomic E-state index is 0.514. The molecule has 0 saturated heterocycles. The van der Waals surface area contributed by atoms with Gasteiger partial charge < -0.3 is 10.3 Å². The molecule has 0 bridgehead atoms. The summed E-state index contributed by atoms with van der Waals surface area (Å²) in [5, 5.41) is 14.2. The van der Waals surface area contributed by atoms with Gasteiger partial charge in [-0.25, -0.2) is 0 Å². The number of aromatic nitrogens is 2. The number of hydrogen-bond acceptors (Lipinski definition) is 3. The number of aryl methyl sites for hydroxylation is 2. The van der Waals surface area contributed by atoms with Gasteiger partial charge in [-0.2, -0.15) is 5.26 Å². The molecular weight excluding hydrogens is 344 g/mol. The Balaban J connectivity index is 1.76. The first-order chi connectivity index (χ1) is 13.7. The quantitative estimate of drug-likeness (QED) is 0.469. The van der Waals surface area contributed by atoms with Crippen LogP contribution >= 0.6 is 0 Å². The second-order valence-corrected chi connectivity index (χ2v) is 6.78. The first kappa shape index (κ1) is 17.6. The molecule has 0 atom stereocenters. The molecule has 0 spiro atoms. The van der Waals surface area contributed by atoms with E-state index in [0.717, 1.165) is 39.3 Å². The highest BCUT2D eigenvalue weighted by molar-refractivity contribution is 5.91. The normalized spacial score (nSPS) is 11.0. The van der Waals surface area contributed by atoms with Gasteiger partial charge in [-0.3, -0.25) is 4.98 Å². The lowest BCUT2D eigenvalue weighted by Crippen LogP contribution is -1.99. The number of anilines is 2. The van der Waals surface area contributed by atoms with Crippen LogP contribution in [0.15, 0.2) is 60.9 Å². The van der Waals surface area contributed by atoms with Gasteiger partial charge in [0.15, 0.2) is 0 Å². The minimum Gasteiger partial charge on any atom is -0.359 e. The summed E-state index contributed by atoms with van der Waals surface area (Å²) in [4.78, 5) is 7.59. The van der Waals surface area contributed by atoms with Crippen molar-refractivity contribution in [1.82, 2.24) is 9.97 Å². The molecule has 0 aliphatic heterocycles. The monoisotopic (exact) mass is 364 g/mol. The zero-order valence-corrected chi connectivity index (χ0v) is 15.8. The Kier molecular flexibility index (Phi) is 4.65. The SMILES string of the molecule is Cc1cc2c(C)c(Nc3c(C#N)cncc3C=Cc3ccccc3)ccc2[nH]1. The van der Waals surface area contributed by atoms with Crippen LogP contribution in [0.25, 0.3) is 23.1 Å². The number of pyridine rings is 1. The zero-order valence-electron chi connectivity index (χ0n) is 15.8. The molecule has 0 radical (unpaired) electrons. The molecule has 4 nitrogen and oxygen atoms in total. The maximum Gasteiger partial charge on any atom is 0.103 e. The van der Waals surface area contributed by atoms with Crippen molar-refractivity contribution in [2.45, 2.75) is 13.8 Å². The third-order valence-electron chi connectivity index (χ3n) is 4.82. The Hall–Kier alpha value is -3.84. The van der Waals surface area contributed by atoms with Crippen LogP contribution in [0.5, 0.6) is 0 Å². The average Bonchev–Trinajstić information content (AvgIpc) is 3.11. The van der Waals surface area contributed by atoms with Crippen LogP contribution in [-0.2, 0) is 0 Å². The number of hydrogen-bond donors (Lipinski definition) is 2. The van der Waals surface area contributed by atoms with Gasteiger partial charge in [0.05, 0.1) is 11.3 Å². The molecule has 4 heteroatoms. The number of fused-ring (bicyclic) bond motifs is 1. The molecule has 136 valence electrons. The van der Waals surface area contributed by atoms with Gasteiger partial charge in [-0.1, -0.05) is 42.5 Å². The standard InChI is InChI=1S/C24H20N4/c1-16-12-21-17(2)22(10-11-23(21)27-16)28-24-19(14-26-15-20(24)13-25)9-8-18-6-4-3-5-7-18/h3-12,14-15,27H,1-2H3,(H,26,28). The maximum atomic E-state index is 9.59. The molecule has 0 aliphatic rings. The van der Waals surface area contributed by atoms with Crippen molar-refractivity contribution in [3.05, 3.63) is 88.9 Å². The van der Waals surface area contributed by atoms with E-state index in [1.165, 1.54) is 5.39 Å².